The number of amides is 2. The number of hydrogen-bond donors (Lipinski definition) is 4. The number of likely N-dealkylation sites (tertiary alicyclic amines) is 1. The molecule has 1 saturated heterocycles. The highest BCUT2D eigenvalue weighted by Crippen LogP contribution is 2.19. The van der Waals surface area contributed by atoms with E-state index in [1.165, 1.54) is 18.7 Å². The van der Waals surface area contributed by atoms with E-state index in [1.807, 2.05) is 0 Å². The van der Waals surface area contributed by atoms with Crippen molar-refractivity contribution in [3.63, 3.8) is 0 Å². The Hall–Kier alpha value is -1.67. The second-order valence-electron chi connectivity index (χ2n) is 5.04. The molecule has 4 atom stereocenters. The molecule has 1 aliphatic rings. The molecule has 0 aromatic carbocycles. The second-order valence-corrected chi connectivity index (χ2v) is 5.04. The van der Waals surface area contributed by atoms with E-state index < -0.39 is 42.0 Å². The van der Waals surface area contributed by atoms with Crippen LogP contribution in [0.3, 0.4) is 0 Å². The predicted molar refractivity (Wildman–Crippen MR) is 69.6 cm³/mol. The molecule has 0 radical (unpaired) electrons. The first-order valence-corrected chi connectivity index (χ1v) is 6.53. The maximum absolute atomic E-state index is 12.3. The zero-order chi connectivity index (χ0) is 15.4. The quantitative estimate of drug-likeness (QED) is 0.475. The lowest BCUT2D eigenvalue weighted by Gasteiger charge is -2.29. The van der Waals surface area contributed by atoms with Gasteiger partial charge >= 0.3 is 5.97 Å². The van der Waals surface area contributed by atoms with Crippen molar-refractivity contribution in [3.05, 3.63) is 0 Å². The van der Waals surface area contributed by atoms with E-state index in [0.717, 1.165) is 0 Å². The number of carboxylic acid groups (broad SMARTS) is 1. The van der Waals surface area contributed by atoms with Gasteiger partial charge in [-0.3, -0.25) is 9.59 Å². The monoisotopic (exact) mass is 287 g/mol. The summed E-state index contributed by atoms with van der Waals surface area (Å²) in [6, 6.07) is -2.91. The van der Waals surface area contributed by atoms with Crippen LogP contribution >= 0.6 is 0 Å². The van der Waals surface area contributed by atoms with Crippen molar-refractivity contribution in [3.8, 4) is 0 Å². The van der Waals surface area contributed by atoms with Crippen LogP contribution in [0, 0.1) is 0 Å². The second kappa shape index (κ2) is 6.67. The molecule has 114 valence electrons. The minimum Gasteiger partial charge on any atom is -0.480 e. The van der Waals surface area contributed by atoms with Crippen LogP contribution in [0.4, 0.5) is 0 Å². The van der Waals surface area contributed by atoms with E-state index in [9.17, 15) is 19.5 Å². The summed E-state index contributed by atoms with van der Waals surface area (Å²) in [5.74, 6) is -2.26. The van der Waals surface area contributed by atoms with Gasteiger partial charge in [0, 0.05) is 6.54 Å². The van der Waals surface area contributed by atoms with Crippen LogP contribution < -0.4 is 11.1 Å². The average Bonchev–Trinajstić information content (AvgIpc) is 2.83. The van der Waals surface area contributed by atoms with Gasteiger partial charge < -0.3 is 26.2 Å². The Bertz CT molecular complexity index is 397. The molecule has 0 bridgehead atoms. The van der Waals surface area contributed by atoms with Gasteiger partial charge in [-0.25, -0.2) is 4.79 Å². The summed E-state index contributed by atoms with van der Waals surface area (Å²) in [7, 11) is 0. The van der Waals surface area contributed by atoms with Crippen LogP contribution in [0.15, 0.2) is 0 Å². The maximum atomic E-state index is 12.3. The van der Waals surface area contributed by atoms with Crippen molar-refractivity contribution < 1.29 is 24.6 Å². The number of aliphatic carboxylic acids is 1. The molecule has 4 unspecified atom stereocenters. The number of aliphatic hydroxyl groups excluding tert-OH is 1. The Morgan fingerprint density at radius 1 is 1.35 bits per heavy atom. The standard InChI is InChI=1S/C12H21N3O5/c1-6(13)10(17)14-9(7(2)16)11(18)15-5-3-4-8(15)12(19)20/h6-9,16H,3-5,13H2,1-2H3,(H,14,17)(H,19,20). The number of carbonyl (C=O) groups is 3. The van der Waals surface area contributed by atoms with E-state index in [-0.39, 0.29) is 0 Å². The molecule has 1 fully saturated rings. The largest absolute Gasteiger partial charge is 0.480 e. The molecule has 0 spiro atoms. The number of carboxylic acids is 1. The molecule has 0 saturated carbocycles. The fraction of sp³-hybridized carbons (Fsp3) is 0.750. The summed E-state index contributed by atoms with van der Waals surface area (Å²) in [5, 5.41) is 21.1. The third-order valence-corrected chi connectivity index (χ3v) is 3.28. The molecule has 2 amide bonds. The van der Waals surface area contributed by atoms with Gasteiger partial charge in [-0.05, 0) is 26.7 Å². The predicted octanol–water partition coefficient (Wildman–Crippen LogP) is -1.73. The fourth-order valence-corrected chi connectivity index (χ4v) is 2.14. The van der Waals surface area contributed by atoms with Gasteiger partial charge in [0.1, 0.15) is 12.1 Å². The van der Waals surface area contributed by atoms with Gasteiger partial charge in [0.2, 0.25) is 11.8 Å². The first kappa shape index (κ1) is 16.4. The number of rotatable bonds is 5. The molecule has 0 aromatic rings. The molecule has 1 aliphatic heterocycles. The van der Waals surface area contributed by atoms with E-state index in [2.05, 4.69) is 5.32 Å². The van der Waals surface area contributed by atoms with Crippen molar-refractivity contribution in [2.24, 2.45) is 5.73 Å². The molecule has 1 heterocycles. The smallest absolute Gasteiger partial charge is 0.326 e. The molecular formula is C12H21N3O5. The van der Waals surface area contributed by atoms with E-state index >= 15 is 0 Å². The number of nitrogens with two attached hydrogens (primary N) is 1. The van der Waals surface area contributed by atoms with Crippen molar-refractivity contribution in [2.75, 3.05) is 6.54 Å². The highest BCUT2D eigenvalue weighted by atomic mass is 16.4. The Balaban J connectivity index is 2.83. The van der Waals surface area contributed by atoms with Crippen LogP contribution in [-0.2, 0) is 14.4 Å². The lowest BCUT2D eigenvalue weighted by atomic mass is 10.1. The normalized spacial score (nSPS) is 23.0. The SMILES string of the molecule is CC(N)C(=O)NC(C(=O)N1CCCC1C(=O)O)C(C)O. The van der Waals surface area contributed by atoms with E-state index in [1.54, 1.807) is 0 Å². The van der Waals surface area contributed by atoms with Crippen LogP contribution in [0.5, 0.6) is 0 Å². The first-order valence-electron chi connectivity index (χ1n) is 6.53. The van der Waals surface area contributed by atoms with Gasteiger partial charge in [0.05, 0.1) is 12.1 Å². The summed E-state index contributed by atoms with van der Waals surface area (Å²) in [6.45, 7) is 3.11. The molecule has 1 rings (SSSR count). The Morgan fingerprint density at radius 2 is 1.95 bits per heavy atom. The van der Waals surface area contributed by atoms with E-state index in [4.69, 9.17) is 10.8 Å². The zero-order valence-corrected chi connectivity index (χ0v) is 11.6. The Kier molecular flexibility index (Phi) is 5.46. The highest BCUT2D eigenvalue weighted by Gasteiger charge is 2.39. The molecule has 0 aromatic heterocycles. The van der Waals surface area contributed by atoms with Crippen LogP contribution in [-0.4, -0.2) is 63.7 Å². The molecule has 0 aliphatic carbocycles. The van der Waals surface area contributed by atoms with Gasteiger partial charge in [0.15, 0.2) is 0 Å². The Morgan fingerprint density at radius 3 is 2.40 bits per heavy atom. The average molecular weight is 287 g/mol. The molecule has 5 N–H and O–H groups in total. The van der Waals surface area contributed by atoms with Gasteiger partial charge in [0.25, 0.3) is 0 Å². The molecule has 20 heavy (non-hydrogen) atoms. The molecule has 8 heteroatoms. The number of carbonyl (C=O) groups excluding carboxylic acids is 2. The van der Waals surface area contributed by atoms with Crippen molar-refractivity contribution >= 4 is 17.8 Å². The number of nitrogens with one attached hydrogen (secondary N) is 1. The van der Waals surface area contributed by atoms with Gasteiger partial charge in [-0.1, -0.05) is 0 Å². The fourth-order valence-electron chi connectivity index (χ4n) is 2.14. The summed E-state index contributed by atoms with van der Waals surface area (Å²) in [4.78, 5) is 36.1. The lowest BCUT2D eigenvalue weighted by Crippen LogP contribution is -2.57. The summed E-state index contributed by atoms with van der Waals surface area (Å²) >= 11 is 0. The number of nitrogens with zero attached hydrogens (tertiary/aromatic N) is 1. The third-order valence-electron chi connectivity index (χ3n) is 3.28. The maximum Gasteiger partial charge on any atom is 0.326 e. The molecular weight excluding hydrogens is 266 g/mol. The van der Waals surface area contributed by atoms with Crippen LogP contribution in [0.2, 0.25) is 0 Å². The van der Waals surface area contributed by atoms with Gasteiger partial charge in [-0.15, -0.1) is 0 Å². The van der Waals surface area contributed by atoms with Crippen LogP contribution in [0.25, 0.3) is 0 Å². The lowest BCUT2D eigenvalue weighted by molar-refractivity contribution is -0.150. The summed E-state index contributed by atoms with van der Waals surface area (Å²) < 4.78 is 0. The zero-order valence-electron chi connectivity index (χ0n) is 11.6. The summed E-state index contributed by atoms with van der Waals surface area (Å²) in [5.41, 5.74) is 5.40. The van der Waals surface area contributed by atoms with Crippen molar-refractivity contribution in [2.45, 2.75) is 50.9 Å². The summed E-state index contributed by atoms with van der Waals surface area (Å²) in [6.07, 6.45) is -0.189. The first-order chi connectivity index (χ1) is 9.25. The van der Waals surface area contributed by atoms with Gasteiger partial charge in [-0.2, -0.15) is 0 Å². The van der Waals surface area contributed by atoms with Crippen molar-refractivity contribution in [1.29, 1.82) is 0 Å². The van der Waals surface area contributed by atoms with E-state index in [0.29, 0.717) is 19.4 Å². The minimum absolute atomic E-state index is 0.299. The minimum atomic E-state index is -1.19. The Labute approximate surface area is 116 Å². The number of hydrogen-bond acceptors (Lipinski definition) is 5. The highest BCUT2D eigenvalue weighted by molar-refractivity contribution is 5.92. The molecule has 8 nitrogen and oxygen atoms in total. The third kappa shape index (κ3) is 3.67. The number of aliphatic hydroxyl groups is 1. The van der Waals surface area contributed by atoms with Crippen molar-refractivity contribution in [1.82, 2.24) is 10.2 Å². The topological polar surface area (TPSA) is 133 Å². The van der Waals surface area contributed by atoms with Crippen LogP contribution in [0.1, 0.15) is 26.7 Å².